The van der Waals surface area contributed by atoms with Crippen LogP contribution in [0.1, 0.15) is 142 Å². The van der Waals surface area contributed by atoms with Crippen LogP contribution in [0.15, 0.2) is 122 Å². The molecule has 2 unspecified atom stereocenters. The molecule has 0 aliphatic rings. The molecule has 0 saturated heterocycles. The average Bonchev–Trinajstić information content (AvgIpc) is 3.24. The molecule has 9 nitrogen and oxygen atoms in total. The highest BCUT2D eigenvalue weighted by molar-refractivity contribution is 5.72. The summed E-state index contributed by atoms with van der Waals surface area (Å²) < 4.78 is 22.6. The molecule has 9 heteroatoms. The van der Waals surface area contributed by atoms with Crippen LogP contribution in [0.5, 0.6) is 0 Å². The normalized spacial score (nSPS) is 14.0. The zero-order valence-corrected chi connectivity index (χ0v) is 39.9. The van der Waals surface area contributed by atoms with E-state index in [2.05, 4.69) is 117 Å². The Morgan fingerprint density at radius 2 is 0.905 bits per heavy atom. The van der Waals surface area contributed by atoms with Crippen LogP contribution in [0.2, 0.25) is 0 Å². The van der Waals surface area contributed by atoms with Crippen LogP contribution in [0.4, 0.5) is 0 Å². The van der Waals surface area contributed by atoms with Gasteiger partial charge in [-0.05, 0) is 83.5 Å². The first kappa shape index (κ1) is 58.7. The molecule has 1 N–H and O–H groups in total. The van der Waals surface area contributed by atoms with Crippen molar-refractivity contribution >= 4 is 17.9 Å². The average molecular weight is 877 g/mol. The number of carbonyl (C=O) groups excluding carboxylic acids is 2. The maximum atomic E-state index is 12.8. The van der Waals surface area contributed by atoms with Crippen molar-refractivity contribution in [1.29, 1.82) is 0 Å². The Labute approximate surface area is 383 Å². The molecular weight excluding hydrogens is 791 g/mol. The van der Waals surface area contributed by atoms with Crippen molar-refractivity contribution in [2.45, 2.75) is 155 Å². The monoisotopic (exact) mass is 877 g/mol. The summed E-state index contributed by atoms with van der Waals surface area (Å²) in [6, 6.07) is 0. The minimum Gasteiger partial charge on any atom is -0.477 e. The number of esters is 2. The van der Waals surface area contributed by atoms with E-state index < -0.39 is 30.3 Å². The van der Waals surface area contributed by atoms with E-state index in [0.29, 0.717) is 23.9 Å². The quantitative estimate of drug-likeness (QED) is 0.0213. The maximum absolute atomic E-state index is 12.8. The standard InChI is InChI=1S/C54H85NO8/c1-6-8-10-12-14-16-18-20-22-23-24-25-26-27-28-29-31-33-35-37-39-41-43-45-52(57)63-50(49-62-54(53(58)59)60-47-46-55(3,4)5)48-61-51(56)44-42-40-38-36-34-32-30-21-19-17-15-13-11-9-7-2/h8-11,14-17,20-22,24-25,27-28,30,34,36,40,42,50,54H,6-7,12-13,18-19,23,26,29,31-33,35,37-39,41,43-49H2,1-5H3/p+1/b10-8-,11-9-,16-14-,17-15-,22-20-,25-24-,28-27-,30-21-,36-34-,42-40-. The van der Waals surface area contributed by atoms with Crippen molar-refractivity contribution in [2.24, 2.45) is 0 Å². The third-order valence-electron chi connectivity index (χ3n) is 9.25. The number of quaternary nitrogens is 1. The maximum Gasteiger partial charge on any atom is 0.361 e. The van der Waals surface area contributed by atoms with Gasteiger partial charge in [0.2, 0.25) is 0 Å². The number of nitrogens with zero attached hydrogens (tertiary/aromatic N) is 1. The summed E-state index contributed by atoms with van der Waals surface area (Å²) in [4.78, 5) is 37.1. The van der Waals surface area contributed by atoms with Crippen molar-refractivity contribution in [3.8, 4) is 0 Å². The summed E-state index contributed by atoms with van der Waals surface area (Å²) in [6.07, 6.45) is 58.6. The van der Waals surface area contributed by atoms with Crippen molar-refractivity contribution < 1.29 is 42.9 Å². The highest BCUT2D eigenvalue weighted by Gasteiger charge is 2.25. The molecule has 0 heterocycles. The van der Waals surface area contributed by atoms with E-state index in [1.165, 1.54) is 19.3 Å². The largest absolute Gasteiger partial charge is 0.477 e. The number of hydrogen-bond acceptors (Lipinski definition) is 7. The fourth-order valence-electron chi connectivity index (χ4n) is 5.64. The summed E-state index contributed by atoms with van der Waals surface area (Å²) in [5.41, 5.74) is 0. The highest BCUT2D eigenvalue weighted by Crippen LogP contribution is 2.12. The molecule has 0 rings (SSSR count). The lowest BCUT2D eigenvalue weighted by atomic mass is 10.1. The van der Waals surface area contributed by atoms with Crippen molar-refractivity contribution in [3.63, 3.8) is 0 Å². The van der Waals surface area contributed by atoms with Gasteiger partial charge in [-0.25, -0.2) is 4.79 Å². The molecule has 0 aromatic heterocycles. The Morgan fingerprint density at radius 1 is 0.492 bits per heavy atom. The second kappa shape index (κ2) is 44.3. The van der Waals surface area contributed by atoms with E-state index in [0.717, 1.165) is 83.5 Å². The minimum atomic E-state index is -1.54. The number of ether oxygens (including phenoxy) is 4. The summed E-state index contributed by atoms with van der Waals surface area (Å²) in [7, 11) is 5.91. The molecule has 63 heavy (non-hydrogen) atoms. The molecule has 0 saturated carbocycles. The van der Waals surface area contributed by atoms with Crippen LogP contribution < -0.4 is 0 Å². The number of carbonyl (C=O) groups is 3. The Balaban J connectivity index is 4.53. The molecule has 0 fully saturated rings. The molecule has 0 spiro atoms. The van der Waals surface area contributed by atoms with E-state index in [1.807, 2.05) is 33.3 Å². The molecule has 0 aromatic rings. The third-order valence-corrected chi connectivity index (χ3v) is 9.25. The topological polar surface area (TPSA) is 108 Å². The number of allylic oxidation sites excluding steroid dienone is 19. The first-order valence-electron chi connectivity index (χ1n) is 23.7. The van der Waals surface area contributed by atoms with Gasteiger partial charge in [-0.1, -0.05) is 167 Å². The summed E-state index contributed by atoms with van der Waals surface area (Å²) in [5.74, 6) is -2.21. The second-order valence-corrected chi connectivity index (χ2v) is 16.3. The molecule has 0 aliphatic carbocycles. The predicted octanol–water partition coefficient (Wildman–Crippen LogP) is 13.0. The predicted molar refractivity (Wildman–Crippen MR) is 262 cm³/mol. The van der Waals surface area contributed by atoms with Gasteiger partial charge in [-0.2, -0.15) is 0 Å². The summed E-state index contributed by atoms with van der Waals surface area (Å²) >= 11 is 0. The lowest BCUT2D eigenvalue weighted by Gasteiger charge is -2.25. The van der Waals surface area contributed by atoms with E-state index in [9.17, 15) is 19.5 Å². The zero-order chi connectivity index (χ0) is 46.3. The number of unbranched alkanes of at least 4 members (excludes halogenated alkanes) is 7. The van der Waals surface area contributed by atoms with Gasteiger partial charge in [-0.15, -0.1) is 0 Å². The molecule has 0 radical (unpaired) electrons. The van der Waals surface area contributed by atoms with E-state index in [4.69, 9.17) is 18.9 Å². The fraction of sp³-hybridized carbons (Fsp3) is 0.574. The van der Waals surface area contributed by atoms with E-state index >= 15 is 0 Å². The van der Waals surface area contributed by atoms with Crippen LogP contribution in [0, 0.1) is 0 Å². The fourth-order valence-corrected chi connectivity index (χ4v) is 5.64. The molecular formula is C54H86NO8+. The molecule has 354 valence electrons. The highest BCUT2D eigenvalue weighted by atomic mass is 16.7. The lowest BCUT2D eigenvalue weighted by Crippen LogP contribution is -2.40. The SMILES string of the molecule is CC/C=C\C/C=C\C/C=C\C/C=C\C/C=C\CCCCCCCCCC(=O)OC(COC(=O)C/C=C\C/C=C\C/C=C\C/C=C\C/C=C\CC)COC(OCC[N+](C)(C)C)C(=O)O. The van der Waals surface area contributed by atoms with Gasteiger partial charge in [0.1, 0.15) is 13.2 Å². The second-order valence-electron chi connectivity index (χ2n) is 16.3. The van der Waals surface area contributed by atoms with Crippen LogP contribution in [0.25, 0.3) is 0 Å². The Morgan fingerprint density at radius 3 is 1.35 bits per heavy atom. The Kier molecular flexibility index (Phi) is 41.3. The van der Waals surface area contributed by atoms with Crippen LogP contribution in [-0.2, 0) is 33.3 Å². The first-order valence-corrected chi connectivity index (χ1v) is 23.7. The summed E-state index contributed by atoms with van der Waals surface area (Å²) in [5, 5.41) is 9.65. The number of carboxylic acid groups (broad SMARTS) is 1. The van der Waals surface area contributed by atoms with Crippen LogP contribution in [-0.4, -0.2) is 87.4 Å². The van der Waals surface area contributed by atoms with Crippen LogP contribution in [0.3, 0.4) is 0 Å². The van der Waals surface area contributed by atoms with Gasteiger partial charge >= 0.3 is 17.9 Å². The van der Waals surface area contributed by atoms with Gasteiger partial charge in [0.15, 0.2) is 6.10 Å². The number of hydrogen-bond donors (Lipinski definition) is 1. The zero-order valence-electron chi connectivity index (χ0n) is 39.9. The van der Waals surface area contributed by atoms with Gasteiger partial charge in [0.05, 0.1) is 40.8 Å². The van der Waals surface area contributed by atoms with E-state index in [-0.39, 0.29) is 32.7 Å². The molecule has 0 amide bonds. The summed E-state index contributed by atoms with van der Waals surface area (Å²) in [6.45, 7) is 4.48. The van der Waals surface area contributed by atoms with Crippen molar-refractivity contribution in [1.82, 2.24) is 0 Å². The third kappa shape index (κ3) is 45.5. The van der Waals surface area contributed by atoms with Gasteiger partial charge in [0, 0.05) is 6.42 Å². The van der Waals surface area contributed by atoms with Gasteiger partial charge in [-0.3, -0.25) is 9.59 Å². The van der Waals surface area contributed by atoms with Gasteiger partial charge in [0.25, 0.3) is 6.29 Å². The lowest BCUT2D eigenvalue weighted by molar-refractivity contribution is -0.870. The number of likely N-dealkylation sites (N-methyl/N-ethyl adjacent to an activating group) is 1. The number of aliphatic carboxylic acids is 1. The number of rotatable bonds is 41. The smallest absolute Gasteiger partial charge is 0.361 e. The molecule has 0 aromatic carbocycles. The van der Waals surface area contributed by atoms with Crippen LogP contribution >= 0.6 is 0 Å². The van der Waals surface area contributed by atoms with Gasteiger partial charge < -0.3 is 28.5 Å². The van der Waals surface area contributed by atoms with Crippen molar-refractivity contribution in [2.75, 3.05) is 47.5 Å². The number of carboxylic acids is 1. The molecule has 0 bridgehead atoms. The molecule has 0 aliphatic heterocycles. The van der Waals surface area contributed by atoms with E-state index in [1.54, 1.807) is 6.08 Å². The Bertz CT molecular complexity index is 1440. The van der Waals surface area contributed by atoms with Crippen molar-refractivity contribution in [3.05, 3.63) is 122 Å². The Hall–Kier alpha value is -4.31. The molecule has 2 atom stereocenters. The minimum absolute atomic E-state index is 0.0599. The first-order chi connectivity index (χ1) is 30.6.